The fourth-order valence-electron chi connectivity index (χ4n) is 3.20. The molecule has 1 heterocycles. The predicted octanol–water partition coefficient (Wildman–Crippen LogP) is 2.31. The number of likely N-dealkylation sites (N-methyl/N-ethyl adjacent to an activating group) is 2. The molecule has 1 unspecified atom stereocenters. The Hall–Kier alpha value is -1.06. The van der Waals surface area contributed by atoms with Crippen molar-refractivity contribution in [1.82, 2.24) is 10.2 Å². The Morgan fingerprint density at radius 3 is 2.58 bits per heavy atom. The van der Waals surface area contributed by atoms with Crippen molar-refractivity contribution in [2.75, 3.05) is 34.3 Å². The van der Waals surface area contributed by atoms with E-state index in [2.05, 4.69) is 48.6 Å². The zero-order chi connectivity index (χ0) is 13.7. The molecular weight excluding hydrogens is 236 g/mol. The van der Waals surface area contributed by atoms with Crippen LogP contribution in [0.2, 0.25) is 0 Å². The smallest absolute Gasteiger partial charge is 0.118 e. The van der Waals surface area contributed by atoms with Crippen molar-refractivity contribution in [2.45, 2.75) is 31.2 Å². The molecule has 1 aliphatic rings. The minimum Gasteiger partial charge on any atom is -0.497 e. The maximum atomic E-state index is 5.20. The van der Waals surface area contributed by atoms with Gasteiger partial charge in [0.15, 0.2) is 0 Å². The van der Waals surface area contributed by atoms with Gasteiger partial charge in [0.05, 0.1) is 7.11 Å². The second-order valence-electron chi connectivity index (χ2n) is 5.63. The summed E-state index contributed by atoms with van der Waals surface area (Å²) in [6.45, 7) is 2.31. The van der Waals surface area contributed by atoms with Crippen LogP contribution in [0, 0.1) is 0 Å². The van der Waals surface area contributed by atoms with Crippen LogP contribution in [0.5, 0.6) is 5.75 Å². The van der Waals surface area contributed by atoms with E-state index in [0.717, 1.165) is 18.7 Å². The Morgan fingerprint density at radius 1 is 1.32 bits per heavy atom. The summed E-state index contributed by atoms with van der Waals surface area (Å²) in [6, 6.07) is 8.47. The van der Waals surface area contributed by atoms with Crippen molar-refractivity contribution < 1.29 is 4.74 Å². The van der Waals surface area contributed by atoms with E-state index in [-0.39, 0.29) is 0 Å². The molecule has 1 atom stereocenters. The van der Waals surface area contributed by atoms with Crippen LogP contribution >= 0.6 is 0 Å². The molecule has 1 aromatic rings. The molecular formula is C16H26N2O. The Bertz CT molecular complexity index is 390. The van der Waals surface area contributed by atoms with Crippen molar-refractivity contribution in [2.24, 2.45) is 0 Å². The SMILES string of the molecule is CNCC1(CCc2ccc(OC)cc2)CCCN1C. The van der Waals surface area contributed by atoms with E-state index in [1.54, 1.807) is 7.11 Å². The lowest BCUT2D eigenvalue weighted by atomic mass is 9.88. The van der Waals surface area contributed by atoms with Crippen LogP contribution in [-0.4, -0.2) is 44.7 Å². The molecule has 1 aliphatic heterocycles. The van der Waals surface area contributed by atoms with Gasteiger partial charge < -0.3 is 10.1 Å². The molecule has 1 N–H and O–H groups in total. The van der Waals surface area contributed by atoms with Gasteiger partial charge in [0.2, 0.25) is 0 Å². The molecule has 1 saturated heterocycles. The van der Waals surface area contributed by atoms with Crippen molar-refractivity contribution in [1.29, 1.82) is 0 Å². The highest BCUT2D eigenvalue weighted by molar-refractivity contribution is 5.27. The average Bonchev–Trinajstić information content (AvgIpc) is 2.79. The second-order valence-corrected chi connectivity index (χ2v) is 5.63. The van der Waals surface area contributed by atoms with Crippen molar-refractivity contribution >= 4 is 0 Å². The standard InChI is InChI=1S/C16H26N2O/c1-17-13-16(10-4-12-18(16)2)11-9-14-5-7-15(19-3)8-6-14/h5-8,17H,4,9-13H2,1-3H3. The van der Waals surface area contributed by atoms with E-state index in [1.807, 2.05) is 0 Å². The summed E-state index contributed by atoms with van der Waals surface area (Å²) < 4.78 is 5.20. The van der Waals surface area contributed by atoms with Gasteiger partial charge in [-0.2, -0.15) is 0 Å². The number of rotatable bonds is 6. The summed E-state index contributed by atoms with van der Waals surface area (Å²) in [5, 5.41) is 3.37. The summed E-state index contributed by atoms with van der Waals surface area (Å²) in [5.41, 5.74) is 1.74. The first-order chi connectivity index (χ1) is 9.20. The molecule has 0 saturated carbocycles. The number of likely N-dealkylation sites (tertiary alicyclic amines) is 1. The Kier molecular flexibility index (Phi) is 4.83. The van der Waals surface area contributed by atoms with Crippen LogP contribution in [0.15, 0.2) is 24.3 Å². The molecule has 1 aromatic carbocycles. The van der Waals surface area contributed by atoms with E-state index in [1.165, 1.54) is 31.4 Å². The van der Waals surface area contributed by atoms with Crippen LogP contribution < -0.4 is 10.1 Å². The van der Waals surface area contributed by atoms with Crippen LogP contribution in [-0.2, 0) is 6.42 Å². The van der Waals surface area contributed by atoms with Gasteiger partial charge in [-0.1, -0.05) is 12.1 Å². The molecule has 2 rings (SSSR count). The van der Waals surface area contributed by atoms with Crippen molar-refractivity contribution in [3.8, 4) is 5.75 Å². The van der Waals surface area contributed by atoms with Crippen LogP contribution in [0.3, 0.4) is 0 Å². The number of nitrogens with one attached hydrogen (secondary N) is 1. The van der Waals surface area contributed by atoms with Gasteiger partial charge in [-0.3, -0.25) is 4.90 Å². The number of aryl methyl sites for hydroxylation is 1. The normalized spacial score (nSPS) is 23.7. The predicted molar refractivity (Wildman–Crippen MR) is 79.8 cm³/mol. The third-order valence-corrected chi connectivity index (χ3v) is 4.49. The quantitative estimate of drug-likeness (QED) is 0.851. The minimum atomic E-state index is 0.342. The molecule has 0 bridgehead atoms. The molecule has 3 heteroatoms. The molecule has 19 heavy (non-hydrogen) atoms. The number of hydrogen-bond donors (Lipinski definition) is 1. The zero-order valence-electron chi connectivity index (χ0n) is 12.4. The maximum absolute atomic E-state index is 5.20. The average molecular weight is 262 g/mol. The van der Waals surface area contributed by atoms with E-state index in [0.29, 0.717) is 5.54 Å². The third kappa shape index (κ3) is 3.28. The molecule has 0 radical (unpaired) electrons. The van der Waals surface area contributed by atoms with Gasteiger partial charge >= 0.3 is 0 Å². The number of benzene rings is 1. The Balaban J connectivity index is 1.98. The highest BCUT2D eigenvalue weighted by atomic mass is 16.5. The molecule has 1 fully saturated rings. The molecule has 0 aliphatic carbocycles. The first-order valence-electron chi connectivity index (χ1n) is 7.19. The lowest BCUT2D eigenvalue weighted by Gasteiger charge is -2.36. The monoisotopic (exact) mass is 262 g/mol. The summed E-state index contributed by atoms with van der Waals surface area (Å²) in [6.07, 6.45) is 4.98. The van der Waals surface area contributed by atoms with E-state index in [9.17, 15) is 0 Å². The van der Waals surface area contributed by atoms with Gasteiger partial charge in [0, 0.05) is 12.1 Å². The first-order valence-corrected chi connectivity index (χ1v) is 7.19. The van der Waals surface area contributed by atoms with E-state index >= 15 is 0 Å². The lowest BCUT2D eigenvalue weighted by molar-refractivity contribution is 0.159. The largest absolute Gasteiger partial charge is 0.497 e. The highest BCUT2D eigenvalue weighted by Gasteiger charge is 2.37. The van der Waals surface area contributed by atoms with E-state index in [4.69, 9.17) is 4.74 Å². The van der Waals surface area contributed by atoms with Crippen LogP contribution in [0.4, 0.5) is 0 Å². The highest BCUT2D eigenvalue weighted by Crippen LogP contribution is 2.31. The minimum absolute atomic E-state index is 0.342. The topological polar surface area (TPSA) is 24.5 Å². The van der Waals surface area contributed by atoms with Crippen LogP contribution in [0.25, 0.3) is 0 Å². The molecule has 0 aromatic heterocycles. The Morgan fingerprint density at radius 2 is 2.05 bits per heavy atom. The fraction of sp³-hybridized carbons (Fsp3) is 0.625. The summed E-state index contributed by atoms with van der Waals surface area (Å²) in [7, 11) is 6.03. The molecule has 0 spiro atoms. The van der Waals surface area contributed by atoms with Gasteiger partial charge in [-0.25, -0.2) is 0 Å². The number of hydrogen-bond acceptors (Lipinski definition) is 3. The number of ether oxygens (including phenoxy) is 1. The first kappa shape index (κ1) is 14.4. The van der Waals surface area contributed by atoms with Gasteiger partial charge in [-0.05, 0) is 64.0 Å². The van der Waals surface area contributed by atoms with Crippen molar-refractivity contribution in [3.63, 3.8) is 0 Å². The number of methoxy groups -OCH3 is 1. The summed E-state index contributed by atoms with van der Waals surface area (Å²) in [4.78, 5) is 2.53. The van der Waals surface area contributed by atoms with Gasteiger partial charge in [0.25, 0.3) is 0 Å². The molecule has 106 valence electrons. The summed E-state index contributed by atoms with van der Waals surface area (Å²) in [5.74, 6) is 0.937. The second kappa shape index (κ2) is 6.40. The number of nitrogens with zero attached hydrogens (tertiary/aromatic N) is 1. The van der Waals surface area contributed by atoms with Crippen LogP contribution in [0.1, 0.15) is 24.8 Å². The van der Waals surface area contributed by atoms with Crippen molar-refractivity contribution in [3.05, 3.63) is 29.8 Å². The lowest BCUT2D eigenvalue weighted by Crippen LogP contribution is -2.48. The molecule has 3 nitrogen and oxygen atoms in total. The van der Waals surface area contributed by atoms with Gasteiger partial charge in [0.1, 0.15) is 5.75 Å². The molecule has 0 amide bonds. The summed E-state index contributed by atoms with van der Waals surface area (Å²) >= 11 is 0. The fourth-order valence-corrected chi connectivity index (χ4v) is 3.20. The zero-order valence-corrected chi connectivity index (χ0v) is 12.4. The van der Waals surface area contributed by atoms with Gasteiger partial charge in [-0.15, -0.1) is 0 Å². The maximum Gasteiger partial charge on any atom is 0.118 e. The third-order valence-electron chi connectivity index (χ3n) is 4.49. The Labute approximate surface area is 116 Å². The van der Waals surface area contributed by atoms with E-state index < -0.39 is 0 Å².